The van der Waals surface area contributed by atoms with Gasteiger partial charge < -0.3 is 10.1 Å². The molecule has 3 nitrogen and oxygen atoms in total. The van der Waals surface area contributed by atoms with Crippen LogP contribution in [0.4, 0.5) is 0 Å². The molecule has 0 aromatic rings. The number of nitriles is 1. The van der Waals surface area contributed by atoms with E-state index in [9.17, 15) is 0 Å². The van der Waals surface area contributed by atoms with Gasteiger partial charge in [-0.1, -0.05) is 6.42 Å². The Balaban J connectivity index is 1.62. The molecule has 3 heteroatoms. The zero-order valence-electron chi connectivity index (χ0n) is 9.95. The van der Waals surface area contributed by atoms with Gasteiger partial charge in [0.2, 0.25) is 0 Å². The van der Waals surface area contributed by atoms with Crippen LogP contribution in [0.25, 0.3) is 0 Å². The van der Waals surface area contributed by atoms with Gasteiger partial charge in [0, 0.05) is 12.6 Å². The van der Waals surface area contributed by atoms with Crippen LogP contribution in [-0.2, 0) is 4.74 Å². The minimum Gasteiger partial charge on any atom is -0.378 e. The van der Waals surface area contributed by atoms with E-state index in [0.717, 1.165) is 26.0 Å². The highest BCUT2D eigenvalue weighted by atomic mass is 16.5. The molecule has 3 unspecified atom stereocenters. The molecule has 0 aromatic carbocycles. The number of rotatable bonds is 4. The number of ether oxygens (including phenoxy) is 1. The fraction of sp³-hybridized carbons (Fsp3) is 0.923. The molecule has 16 heavy (non-hydrogen) atoms. The van der Waals surface area contributed by atoms with Crippen molar-refractivity contribution in [3.05, 3.63) is 0 Å². The molecule has 3 atom stereocenters. The van der Waals surface area contributed by atoms with Crippen molar-refractivity contribution >= 4 is 0 Å². The topological polar surface area (TPSA) is 45.0 Å². The number of hydrogen-bond acceptors (Lipinski definition) is 3. The summed E-state index contributed by atoms with van der Waals surface area (Å²) >= 11 is 0. The van der Waals surface area contributed by atoms with Gasteiger partial charge in [0.05, 0.1) is 18.1 Å². The van der Waals surface area contributed by atoms with Gasteiger partial charge in [-0.25, -0.2) is 0 Å². The Bertz CT molecular complexity index is 243. The Morgan fingerprint density at radius 2 is 2.12 bits per heavy atom. The van der Waals surface area contributed by atoms with E-state index in [1.807, 2.05) is 0 Å². The second kappa shape index (κ2) is 6.22. The highest BCUT2D eigenvalue weighted by molar-refractivity contribution is 4.96. The summed E-state index contributed by atoms with van der Waals surface area (Å²) in [4.78, 5) is 0. The molecule has 1 aliphatic carbocycles. The molecule has 0 radical (unpaired) electrons. The smallest absolute Gasteiger partial charge is 0.0672 e. The Morgan fingerprint density at radius 1 is 1.19 bits per heavy atom. The summed E-state index contributed by atoms with van der Waals surface area (Å²) in [6.07, 6.45) is 8.78. The lowest BCUT2D eigenvalue weighted by atomic mass is 10.0. The van der Waals surface area contributed by atoms with Crippen LogP contribution < -0.4 is 5.32 Å². The molecule has 1 saturated heterocycles. The van der Waals surface area contributed by atoms with Gasteiger partial charge >= 0.3 is 0 Å². The lowest BCUT2D eigenvalue weighted by molar-refractivity contribution is 0.0111. The molecule has 0 bridgehead atoms. The van der Waals surface area contributed by atoms with E-state index < -0.39 is 0 Å². The van der Waals surface area contributed by atoms with Crippen molar-refractivity contribution in [1.29, 1.82) is 5.26 Å². The molecule has 0 amide bonds. The van der Waals surface area contributed by atoms with Crippen LogP contribution in [0.3, 0.4) is 0 Å². The first-order valence-corrected chi connectivity index (χ1v) is 6.65. The molecule has 1 heterocycles. The monoisotopic (exact) mass is 222 g/mol. The summed E-state index contributed by atoms with van der Waals surface area (Å²) < 4.78 is 5.69. The zero-order chi connectivity index (χ0) is 11.2. The van der Waals surface area contributed by atoms with E-state index in [1.165, 1.54) is 32.1 Å². The lowest BCUT2D eigenvalue weighted by Crippen LogP contribution is -2.34. The van der Waals surface area contributed by atoms with Crippen LogP contribution in [0.5, 0.6) is 0 Å². The van der Waals surface area contributed by atoms with Crippen LogP contribution in [0.15, 0.2) is 0 Å². The van der Waals surface area contributed by atoms with Crippen molar-refractivity contribution in [3.63, 3.8) is 0 Å². The van der Waals surface area contributed by atoms with E-state index in [-0.39, 0.29) is 5.92 Å². The molecule has 1 saturated carbocycles. The normalized spacial score (nSPS) is 34.8. The van der Waals surface area contributed by atoms with Gasteiger partial charge in [0.25, 0.3) is 0 Å². The van der Waals surface area contributed by atoms with E-state index in [0.29, 0.717) is 12.1 Å². The fourth-order valence-corrected chi connectivity index (χ4v) is 2.82. The second-order valence-corrected chi connectivity index (χ2v) is 5.00. The average molecular weight is 222 g/mol. The molecular formula is C13H22N2O. The number of nitrogens with one attached hydrogen (secondary N) is 1. The lowest BCUT2D eigenvalue weighted by Gasteiger charge is -2.24. The van der Waals surface area contributed by atoms with Gasteiger partial charge in [-0.3, -0.25) is 0 Å². The van der Waals surface area contributed by atoms with Crippen molar-refractivity contribution in [2.75, 3.05) is 13.2 Å². The zero-order valence-corrected chi connectivity index (χ0v) is 9.95. The molecule has 2 aliphatic rings. The third-order valence-corrected chi connectivity index (χ3v) is 3.83. The maximum absolute atomic E-state index is 8.97. The quantitative estimate of drug-likeness (QED) is 0.793. The SMILES string of the molecule is N#CC1CCCC1NCCC1CCCCO1. The standard InChI is InChI=1S/C13H22N2O/c14-10-11-4-3-6-13(11)15-8-7-12-5-1-2-9-16-12/h11-13,15H,1-9H2. The van der Waals surface area contributed by atoms with Crippen LogP contribution >= 0.6 is 0 Å². The molecule has 2 rings (SSSR count). The Hall–Kier alpha value is -0.590. The van der Waals surface area contributed by atoms with Crippen LogP contribution in [0.2, 0.25) is 0 Å². The molecule has 0 spiro atoms. The predicted molar refractivity (Wildman–Crippen MR) is 63.0 cm³/mol. The summed E-state index contributed by atoms with van der Waals surface area (Å²) in [6, 6.07) is 2.85. The summed E-state index contributed by atoms with van der Waals surface area (Å²) in [6.45, 7) is 1.95. The third-order valence-electron chi connectivity index (χ3n) is 3.83. The predicted octanol–water partition coefficient (Wildman–Crippen LogP) is 2.23. The van der Waals surface area contributed by atoms with Gasteiger partial charge in [-0.2, -0.15) is 5.26 Å². The number of nitrogens with zero attached hydrogens (tertiary/aromatic N) is 1. The molecule has 90 valence electrons. The summed E-state index contributed by atoms with van der Waals surface area (Å²) in [5, 5.41) is 12.5. The van der Waals surface area contributed by atoms with Gasteiger partial charge in [-0.05, 0) is 45.1 Å². The molecule has 1 N–H and O–H groups in total. The number of hydrogen-bond donors (Lipinski definition) is 1. The van der Waals surface area contributed by atoms with Gasteiger partial charge in [0.15, 0.2) is 0 Å². The molecular weight excluding hydrogens is 200 g/mol. The van der Waals surface area contributed by atoms with Crippen molar-refractivity contribution in [3.8, 4) is 6.07 Å². The molecule has 0 aromatic heterocycles. The maximum Gasteiger partial charge on any atom is 0.0672 e. The summed E-state index contributed by atoms with van der Waals surface area (Å²) in [5.74, 6) is 0.243. The first-order valence-electron chi connectivity index (χ1n) is 6.65. The van der Waals surface area contributed by atoms with Gasteiger partial charge in [0.1, 0.15) is 0 Å². The summed E-state index contributed by atoms with van der Waals surface area (Å²) in [7, 11) is 0. The highest BCUT2D eigenvalue weighted by Crippen LogP contribution is 2.25. The Morgan fingerprint density at radius 3 is 2.88 bits per heavy atom. The maximum atomic E-state index is 8.97. The van der Waals surface area contributed by atoms with Crippen molar-refractivity contribution < 1.29 is 4.74 Å². The van der Waals surface area contributed by atoms with Gasteiger partial charge in [-0.15, -0.1) is 0 Å². The van der Waals surface area contributed by atoms with E-state index in [2.05, 4.69) is 11.4 Å². The van der Waals surface area contributed by atoms with E-state index in [4.69, 9.17) is 10.00 Å². The largest absolute Gasteiger partial charge is 0.378 e. The summed E-state index contributed by atoms with van der Waals surface area (Å²) in [5.41, 5.74) is 0. The molecule has 2 fully saturated rings. The Labute approximate surface area is 98.2 Å². The Kier molecular flexibility index (Phi) is 4.62. The van der Waals surface area contributed by atoms with Crippen molar-refractivity contribution in [2.24, 2.45) is 5.92 Å². The van der Waals surface area contributed by atoms with Crippen LogP contribution in [-0.4, -0.2) is 25.3 Å². The second-order valence-electron chi connectivity index (χ2n) is 5.00. The minimum absolute atomic E-state index is 0.243. The third kappa shape index (κ3) is 3.20. The minimum atomic E-state index is 0.243. The average Bonchev–Trinajstić information content (AvgIpc) is 2.78. The van der Waals surface area contributed by atoms with Crippen molar-refractivity contribution in [1.82, 2.24) is 5.32 Å². The first kappa shape index (κ1) is 11.9. The van der Waals surface area contributed by atoms with Crippen LogP contribution in [0, 0.1) is 17.2 Å². The molecule has 1 aliphatic heterocycles. The van der Waals surface area contributed by atoms with Crippen molar-refractivity contribution in [2.45, 2.75) is 57.1 Å². The fourth-order valence-electron chi connectivity index (χ4n) is 2.82. The van der Waals surface area contributed by atoms with Crippen LogP contribution in [0.1, 0.15) is 44.9 Å². The highest BCUT2D eigenvalue weighted by Gasteiger charge is 2.26. The van der Waals surface area contributed by atoms with E-state index in [1.54, 1.807) is 0 Å². The first-order chi connectivity index (χ1) is 7.90. The van der Waals surface area contributed by atoms with E-state index >= 15 is 0 Å².